The second kappa shape index (κ2) is 5.91. The maximum Gasteiger partial charge on any atom is 0.186 e. The number of nitrogens with zero attached hydrogens (tertiary/aromatic N) is 2. The van der Waals surface area contributed by atoms with E-state index >= 15 is 0 Å². The van der Waals surface area contributed by atoms with Gasteiger partial charge in [0.1, 0.15) is 5.82 Å². The van der Waals surface area contributed by atoms with Crippen LogP contribution < -0.4 is 5.32 Å². The first kappa shape index (κ1) is 13.0. The third-order valence-electron chi connectivity index (χ3n) is 2.52. The van der Waals surface area contributed by atoms with Crippen LogP contribution in [0.2, 0.25) is 0 Å². The fourth-order valence-electron chi connectivity index (χ4n) is 1.63. The largest absolute Gasteiger partial charge is 0.368 e. The van der Waals surface area contributed by atoms with E-state index in [1.165, 1.54) is 4.88 Å². The average Bonchev–Trinajstić information content (AvgIpc) is 2.84. The van der Waals surface area contributed by atoms with Crippen molar-refractivity contribution in [2.75, 3.05) is 11.9 Å². The van der Waals surface area contributed by atoms with Crippen molar-refractivity contribution in [2.24, 2.45) is 0 Å². The van der Waals surface area contributed by atoms with Crippen molar-refractivity contribution < 1.29 is 4.39 Å². The number of nitrogens with one attached hydrogen (secondary N) is 1. The van der Waals surface area contributed by atoms with Crippen LogP contribution in [0.25, 0.3) is 0 Å². The molecule has 2 aromatic rings. The molecule has 0 spiro atoms. The molecule has 0 aliphatic rings. The van der Waals surface area contributed by atoms with Crippen molar-refractivity contribution in [2.45, 2.75) is 26.7 Å². The molecule has 2 rings (SSSR count). The van der Waals surface area contributed by atoms with Gasteiger partial charge in [0.15, 0.2) is 11.6 Å². The Hall–Kier alpha value is -1.49. The van der Waals surface area contributed by atoms with E-state index in [9.17, 15) is 4.39 Å². The number of hydrogen-bond donors (Lipinski definition) is 1. The molecule has 2 aromatic heterocycles. The zero-order chi connectivity index (χ0) is 13.0. The Bertz CT molecular complexity index is 511. The molecule has 0 saturated heterocycles. The molecular formula is C13H16FN3S. The van der Waals surface area contributed by atoms with Crippen LogP contribution in [0, 0.1) is 12.7 Å². The SMILES string of the molecule is CCCNc1nc(Cc2cccs2)nc(C)c1F. The molecule has 0 aliphatic heterocycles. The van der Waals surface area contributed by atoms with E-state index in [-0.39, 0.29) is 5.82 Å². The van der Waals surface area contributed by atoms with E-state index in [0.29, 0.717) is 30.3 Å². The fourth-order valence-corrected chi connectivity index (χ4v) is 2.33. The van der Waals surface area contributed by atoms with Gasteiger partial charge in [0.05, 0.1) is 5.69 Å². The molecule has 18 heavy (non-hydrogen) atoms. The molecule has 0 fully saturated rings. The number of anilines is 1. The van der Waals surface area contributed by atoms with Crippen molar-refractivity contribution in [1.82, 2.24) is 9.97 Å². The minimum absolute atomic E-state index is 0.316. The van der Waals surface area contributed by atoms with Crippen LogP contribution in [0.3, 0.4) is 0 Å². The molecule has 0 amide bonds. The maximum absolute atomic E-state index is 13.8. The summed E-state index contributed by atoms with van der Waals surface area (Å²) in [4.78, 5) is 9.63. The highest BCUT2D eigenvalue weighted by Gasteiger charge is 2.11. The third kappa shape index (κ3) is 3.04. The van der Waals surface area contributed by atoms with Crippen LogP contribution in [0.5, 0.6) is 0 Å². The van der Waals surface area contributed by atoms with E-state index in [1.54, 1.807) is 18.3 Å². The normalized spacial score (nSPS) is 10.6. The van der Waals surface area contributed by atoms with Crippen molar-refractivity contribution >= 4 is 17.2 Å². The van der Waals surface area contributed by atoms with E-state index in [1.807, 2.05) is 24.4 Å². The first-order chi connectivity index (χ1) is 8.70. The lowest BCUT2D eigenvalue weighted by Gasteiger charge is -2.09. The predicted octanol–water partition coefficient (Wildman–Crippen LogP) is 3.40. The van der Waals surface area contributed by atoms with Gasteiger partial charge in [-0.05, 0) is 24.8 Å². The molecule has 3 nitrogen and oxygen atoms in total. The molecule has 0 atom stereocenters. The van der Waals surface area contributed by atoms with Gasteiger partial charge in [-0.15, -0.1) is 11.3 Å². The van der Waals surface area contributed by atoms with Gasteiger partial charge < -0.3 is 5.32 Å². The number of aromatic nitrogens is 2. The van der Waals surface area contributed by atoms with E-state index in [0.717, 1.165) is 6.42 Å². The number of rotatable bonds is 5. The second-order valence-corrected chi connectivity index (χ2v) is 5.10. The van der Waals surface area contributed by atoms with E-state index in [4.69, 9.17) is 0 Å². The lowest BCUT2D eigenvalue weighted by atomic mass is 10.3. The molecule has 0 aliphatic carbocycles. The highest BCUT2D eigenvalue weighted by atomic mass is 32.1. The summed E-state index contributed by atoms with van der Waals surface area (Å²) in [7, 11) is 0. The van der Waals surface area contributed by atoms with Crippen LogP contribution >= 0.6 is 11.3 Å². The summed E-state index contributed by atoms with van der Waals surface area (Å²) in [5.41, 5.74) is 0.398. The summed E-state index contributed by atoms with van der Waals surface area (Å²) in [6.07, 6.45) is 1.59. The topological polar surface area (TPSA) is 37.8 Å². The molecule has 0 bridgehead atoms. The van der Waals surface area contributed by atoms with Crippen molar-refractivity contribution in [3.8, 4) is 0 Å². The van der Waals surface area contributed by atoms with Crippen LogP contribution in [0.4, 0.5) is 10.2 Å². The minimum atomic E-state index is -0.349. The maximum atomic E-state index is 13.8. The van der Waals surface area contributed by atoms with Crippen molar-refractivity contribution in [3.05, 3.63) is 39.7 Å². The van der Waals surface area contributed by atoms with Crippen LogP contribution in [0.1, 0.15) is 29.7 Å². The molecule has 5 heteroatoms. The molecule has 0 saturated carbocycles. The minimum Gasteiger partial charge on any atom is -0.368 e. The Kier molecular flexibility index (Phi) is 4.25. The summed E-state index contributed by atoms with van der Waals surface area (Å²) < 4.78 is 13.8. The van der Waals surface area contributed by atoms with Gasteiger partial charge in [0, 0.05) is 17.8 Å². The Labute approximate surface area is 110 Å². The Morgan fingerprint density at radius 3 is 2.89 bits per heavy atom. The molecule has 0 radical (unpaired) electrons. The van der Waals surface area contributed by atoms with Crippen LogP contribution in [-0.4, -0.2) is 16.5 Å². The van der Waals surface area contributed by atoms with Crippen molar-refractivity contribution in [3.63, 3.8) is 0 Å². The summed E-state index contributed by atoms with van der Waals surface area (Å²) in [5, 5.41) is 5.02. The molecule has 1 N–H and O–H groups in total. The second-order valence-electron chi connectivity index (χ2n) is 4.07. The monoisotopic (exact) mass is 265 g/mol. The standard InChI is InChI=1S/C13H16FN3S/c1-3-6-15-13-12(14)9(2)16-11(17-13)8-10-5-4-7-18-10/h4-5,7H,3,6,8H2,1-2H3,(H,15,16,17). The fraction of sp³-hybridized carbons (Fsp3) is 0.385. The predicted molar refractivity (Wildman–Crippen MR) is 72.6 cm³/mol. The van der Waals surface area contributed by atoms with Gasteiger partial charge in [0.2, 0.25) is 0 Å². The lowest BCUT2D eigenvalue weighted by Crippen LogP contribution is -2.09. The van der Waals surface area contributed by atoms with Crippen LogP contribution in [0.15, 0.2) is 17.5 Å². The van der Waals surface area contributed by atoms with Gasteiger partial charge in [-0.3, -0.25) is 0 Å². The smallest absolute Gasteiger partial charge is 0.186 e. The van der Waals surface area contributed by atoms with Crippen molar-refractivity contribution in [1.29, 1.82) is 0 Å². The summed E-state index contributed by atoms with van der Waals surface area (Å²) in [5.74, 6) is 0.629. The summed E-state index contributed by atoms with van der Waals surface area (Å²) >= 11 is 1.66. The van der Waals surface area contributed by atoms with Gasteiger partial charge in [0.25, 0.3) is 0 Å². The van der Waals surface area contributed by atoms with Crippen LogP contribution in [-0.2, 0) is 6.42 Å². The van der Waals surface area contributed by atoms with Gasteiger partial charge in [-0.1, -0.05) is 13.0 Å². The quantitative estimate of drug-likeness (QED) is 0.900. The van der Waals surface area contributed by atoms with E-state index in [2.05, 4.69) is 15.3 Å². The molecule has 96 valence electrons. The first-order valence-corrected chi connectivity index (χ1v) is 6.88. The summed E-state index contributed by atoms with van der Waals surface area (Å²) in [6.45, 7) is 4.42. The Morgan fingerprint density at radius 1 is 1.39 bits per heavy atom. The molecule has 0 unspecified atom stereocenters. The zero-order valence-corrected chi connectivity index (χ0v) is 11.4. The number of hydrogen-bond acceptors (Lipinski definition) is 4. The highest BCUT2D eigenvalue weighted by Crippen LogP contribution is 2.17. The number of aryl methyl sites for hydroxylation is 1. The Morgan fingerprint density at radius 2 is 2.22 bits per heavy atom. The zero-order valence-electron chi connectivity index (χ0n) is 10.5. The first-order valence-electron chi connectivity index (χ1n) is 6.00. The molecular weight excluding hydrogens is 249 g/mol. The average molecular weight is 265 g/mol. The molecule has 2 heterocycles. The van der Waals surface area contributed by atoms with E-state index < -0.39 is 0 Å². The van der Waals surface area contributed by atoms with Gasteiger partial charge >= 0.3 is 0 Å². The van der Waals surface area contributed by atoms with Gasteiger partial charge in [-0.2, -0.15) is 0 Å². The highest BCUT2D eigenvalue weighted by molar-refractivity contribution is 7.09. The molecule has 0 aromatic carbocycles. The van der Waals surface area contributed by atoms with Gasteiger partial charge in [-0.25, -0.2) is 14.4 Å². The summed E-state index contributed by atoms with van der Waals surface area (Å²) in [6, 6.07) is 4.03. The third-order valence-corrected chi connectivity index (χ3v) is 3.39. The Balaban J connectivity index is 2.23. The number of thiophene rings is 1. The number of halogens is 1. The lowest BCUT2D eigenvalue weighted by molar-refractivity contribution is 0.600.